The van der Waals surface area contributed by atoms with Crippen molar-refractivity contribution in [2.24, 2.45) is 0 Å². The zero-order chi connectivity index (χ0) is 17.6. The lowest BCUT2D eigenvalue weighted by molar-refractivity contribution is 0.415. The van der Waals surface area contributed by atoms with E-state index in [4.69, 9.17) is 9.72 Å². The van der Waals surface area contributed by atoms with Crippen LogP contribution in [0, 0.1) is 6.92 Å². The summed E-state index contributed by atoms with van der Waals surface area (Å²) in [4.78, 5) is 11.4. The molecule has 0 atom stereocenters. The molecule has 5 nitrogen and oxygen atoms in total. The molecular weight excluding hydrogens is 312 g/mol. The lowest BCUT2D eigenvalue weighted by Crippen LogP contribution is -2.19. The third-order valence-corrected chi connectivity index (χ3v) is 3.83. The fourth-order valence-corrected chi connectivity index (χ4v) is 2.61. The molecule has 1 aromatic heterocycles. The van der Waals surface area contributed by atoms with Gasteiger partial charge in [-0.1, -0.05) is 18.2 Å². The van der Waals surface area contributed by atoms with Crippen LogP contribution in [0.15, 0.2) is 60.7 Å². The van der Waals surface area contributed by atoms with Crippen LogP contribution in [0.1, 0.15) is 12.6 Å². The summed E-state index contributed by atoms with van der Waals surface area (Å²) in [5, 5.41) is 3.33. The van der Waals surface area contributed by atoms with Gasteiger partial charge in [-0.25, -0.2) is 4.98 Å². The lowest BCUT2D eigenvalue weighted by atomic mass is 10.3. The number of nitrogens with one attached hydrogen (secondary N) is 1. The second kappa shape index (κ2) is 7.66. The van der Waals surface area contributed by atoms with Crippen LogP contribution in [-0.2, 0) is 0 Å². The molecule has 0 spiro atoms. The number of rotatable bonds is 6. The molecule has 1 N–H and O–H groups in total. The summed E-state index contributed by atoms with van der Waals surface area (Å²) in [6.07, 6.45) is 0. The molecule has 0 saturated heterocycles. The quantitative estimate of drug-likeness (QED) is 0.708. The molecule has 0 unspecified atom stereocenters. The molecule has 0 radical (unpaired) electrons. The standard InChI is InChI=1S/C20H22N4O/c1-4-24(17-8-6-5-7-9-17)20-21-15(2)14-19(23-20)22-16-10-12-18(25-3)13-11-16/h5-14H,4H2,1-3H3,(H,21,22,23). The molecule has 0 saturated carbocycles. The molecule has 128 valence electrons. The zero-order valence-corrected chi connectivity index (χ0v) is 14.7. The summed E-state index contributed by atoms with van der Waals surface area (Å²) in [7, 11) is 1.66. The third kappa shape index (κ3) is 4.07. The number of aromatic nitrogens is 2. The number of methoxy groups -OCH3 is 1. The minimum atomic E-state index is 0.685. The molecule has 1 heterocycles. The Morgan fingerprint density at radius 3 is 2.36 bits per heavy atom. The molecule has 0 amide bonds. The van der Waals surface area contributed by atoms with Crippen LogP contribution in [0.4, 0.5) is 23.1 Å². The molecule has 0 bridgehead atoms. The lowest BCUT2D eigenvalue weighted by Gasteiger charge is -2.22. The van der Waals surface area contributed by atoms with Crippen LogP contribution in [0.3, 0.4) is 0 Å². The molecular formula is C20H22N4O. The number of aryl methyl sites for hydroxylation is 1. The fourth-order valence-electron chi connectivity index (χ4n) is 2.61. The van der Waals surface area contributed by atoms with Crippen molar-refractivity contribution in [3.05, 3.63) is 66.4 Å². The zero-order valence-electron chi connectivity index (χ0n) is 14.7. The summed E-state index contributed by atoms with van der Waals surface area (Å²) < 4.78 is 5.19. The van der Waals surface area contributed by atoms with Gasteiger partial charge >= 0.3 is 0 Å². The maximum Gasteiger partial charge on any atom is 0.232 e. The van der Waals surface area contributed by atoms with E-state index in [-0.39, 0.29) is 0 Å². The van der Waals surface area contributed by atoms with Gasteiger partial charge in [0.1, 0.15) is 11.6 Å². The summed E-state index contributed by atoms with van der Waals surface area (Å²) in [5.74, 6) is 2.28. The number of hydrogen-bond acceptors (Lipinski definition) is 5. The van der Waals surface area contributed by atoms with Crippen molar-refractivity contribution in [2.45, 2.75) is 13.8 Å². The number of nitrogens with zero attached hydrogens (tertiary/aromatic N) is 3. The Morgan fingerprint density at radius 2 is 1.72 bits per heavy atom. The monoisotopic (exact) mass is 334 g/mol. The number of para-hydroxylation sites is 1. The SMILES string of the molecule is CCN(c1ccccc1)c1nc(C)cc(Nc2ccc(OC)cc2)n1. The van der Waals surface area contributed by atoms with E-state index in [1.54, 1.807) is 7.11 Å². The average Bonchev–Trinajstić information content (AvgIpc) is 2.63. The van der Waals surface area contributed by atoms with Crippen molar-refractivity contribution in [3.63, 3.8) is 0 Å². The van der Waals surface area contributed by atoms with Crippen molar-refractivity contribution in [1.82, 2.24) is 9.97 Å². The van der Waals surface area contributed by atoms with Crippen LogP contribution in [0.2, 0.25) is 0 Å². The number of ether oxygens (including phenoxy) is 1. The van der Waals surface area contributed by atoms with Crippen LogP contribution >= 0.6 is 0 Å². The maximum atomic E-state index is 5.19. The van der Waals surface area contributed by atoms with Crippen LogP contribution in [0.5, 0.6) is 5.75 Å². The van der Waals surface area contributed by atoms with Crippen molar-refractivity contribution >= 4 is 23.1 Å². The minimum Gasteiger partial charge on any atom is -0.497 e. The van der Waals surface area contributed by atoms with E-state index in [2.05, 4.69) is 34.3 Å². The van der Waals surface area contributed by atoms with Crippen LogP contribution < -0.4 is 15.0 Å². The number of hydrogen-bond donors (Lipinski definition) is 1. The fraction of sp³-hybridized carbons (Fsp3) is 0.200. The maximum absolute atomic E-state index is 5.19. The number of anilines is 4. The van der Waals surface area contributed by atoms with Gasteiger partial charge in [-0.3, -0.25) is 0 Å². The Labute approximate surface area is 148 Å². The Kier molecular flexibility index (Phi) is 5.14. The van der Waals surface area contributed by atoms with Crippen molar-refractivity contribution in [2.75, 3.05) is 23.9 Å². The van der Waals surface area contributed by atoms with Crippen molar-refractivity contribution in [1.29, 1.82) is 0 Å². The van der Waals surface area contributed by atoms with Gasteiger partial charge in [0.15, 0.2) is 0 Å². The van der Waals surface area contributed by atoms with E-state index >= 15 is 0 Å². The predicted octanol–water partition coefficient (Wildman–Crippen LogP) is 4.70. The van der Waals surface area contributed by atoms with E-state index in [1.807, 2.05) is 55.5 Å². The minimum absolute atomic E-state index is 0.685. The van der Waals surface area contributed by atoms with Gasteiger partial charge in [-0.15, -0.1) is 0 Å². The van der Waals surface area contributed by atoms with Gasteiger partial charge in [0, 0.05) is 29.7 Å². The summed E-state index contributed by atoms with van der Waals surface area (Å²) in [6.45, 7) is 4.86. The highest BCUT2D eigenvalue weighted by molar-refractivity contribution is 5.62. The Hall–Kier alpha value is -3.08. The largest absolute Gasteiger partial charge is 0.497 e. The molecule has 25 heavy (non-hydrogen) atoms. The van der Waals surface area contributed by atoms with E-state index in [9.17, 15) is 0 Å². The third-order valence-electron chi connectivity index (χ3n) is 3.83. The topological polar surface area (TPSA) is 50.3 Å². The molecule has 0 aliphatic rings. The molecule has 3 aromatic rings. The first-order valence-corrected chi connectivity index (χ1v) is 8.29. The molecule has 5 heteroatoms. The first-order chi connectivity index (χ1) is 12.2. The highest BCUT2D eigenvalue weighted by atomic mass is 16.5. The molecule has 0 aliphatic heterocycles. The smallest absolute Gasteiger partial charge is 0.232 e. The van der Waals surface area contributed by atoms with Gasteiger partial charge in [0.05, 0.1) is 7.11 Å². The first kappa shape index (κ1) is 16.8. The Morgan fingerprint density at radius 1 is 1.00 bits per heavy atom. The Bertz CT molecular complexity index is 819. The highest BCUT2D eigenvalue weighted by Crippen LogP contribution is 2.25. The van der Waals surface area contributed by atoms with Crippen molar-refractivity contribution < 1.29 is 4.74 Å². The number of benzene rings is 2. The van der Waals surface area contributed by atoms with Gasteiger partial charge in [0.25, 0.3) is 0 Å². The van der Waals surface area contributed by atoms with E-state index in [0.29, 0.717) is 5.95 Å². The Balaban J connectivity index is 1.89. The average molecular weight is 334 g/mol. The summed E-state index contributed by atoms with van der Waals surface area (Å²) >= 11 is 0. The second-order valence-corrected chi connectivity index (χ2v) is 5.63. The molecule has 0 aliphatic carbocycles. The van der Waals surface area contributed by atoms with E-state index in [0.717, 1.165) is 35.2 Å². The molecule has 3 rings (SSSR count). The van der Waals surface area contributed by atoms with Gasteiger partial charge in [-0.05, 0) is 50.2 Å². The molecule has 0 fully saturated rings. The van der Waals surface area contributed by atoms with E-state index in [1.165, 1.54) is 0 Å². The van der Waals surface area contributed by atoms with Crippen LogP contribution in [0.25, 0.3) is 0 Å². The van der Waals surface area contributed by atoms with Gasteiger partial charge in [0.2, 0.25) is 5.95 Å². The highest BCUT2D eigenvalue weighted by Gasteiger charge is 2.12. The summed E-state index contributed by atoms with van der Waals surface area (Å²) in [6, 6.07) is 19.9. The first-order valence-electron chi connectivity index (χ1n) is 8.29. The van der Waals surface area contributed by atoms with E-state index < -0.39 is 0 Å². The summed E-state index contributed by atoms with van der Waals surface area (Å²) in [5.41, 5.74) is 2.94. The second-order valence-electron chi connectivity index (χ2n) is 5.63. The van der Waals surface area contributed by atoms with Gasteiger partial charge in [-0.2, -0.15) is 4.98 Å². The van der Waals surface area contributed by atoms with Gasteiger partial charge < -0.3 is 15.0 Å². The molecule has 2 aromatic carbocycles. The van der Waals surface area contributed by atoms with Crippen molar-refractivity contribution in [3.8, 4) is 5.75 Å². The van der Waals surface area contributed by atoms with Crippen LogP contribution in [-0.4, -0.2) is 23.6 Å². The normalized spacial score (nSPS) is 10.4. The predicted molar refractivity (Wildman–Crippen MR) is 102 cm³/mol.